The quantitative estimate of drug-likeness (QED) is 0.309. The van der Waals surface area contributed by atoms with Crippen LogP contribution in [-0.4, -0.2) is 47.3 Å². The second-order valence-corrected chi connectivity index (χ2v) is 16.0. The molecule has 5 rings (SSSR count). The van der Waals surface area contributed by atoms with Crippen molar-refractivity contribution < 1.29 is 29.3 Å². The molecule has 1 amide bonds. The molecule has 230 valence electrons. The number of ether oxygens (including phenoxy) is 1. The molecular weight excluding hydrogens is 518 g/mol. The van der Waals surface area contributed by atoms with Gasteiger partial charge in [0, 0.05) is 6.04 Å². The van der Waals surface area contributed by atoms with E-state index in [1.165, 1.54) is 5.57 Å². The minimum Gasteiger partial charge on any atom is -0.481 e. The highest BCUT2D eigenvalue weighted by Crippen LogP contribution is 2.77. The minimum atomic E-state index is -1.07. The molecule has 5 aliphatic rings. The van der Waals surface area contributed by atoms with Crippen molar-refractivity contribution in [3.05, 3.63) is 12.2 Å². The van der Waals surface area contributed by atoms with Crippen LogP contribution in [0.2, 0.25) is 0 Å². The van der Waals surface area contributed by atoms with Crippen LogP contribution >= 0.6 is 0 Å². The van der Waals surface area contributed by atoms with Gasteiger partial charge in [0.25, 0.3) is 0 Å². The van der Waals surface area contributed by atoms with Crippen molar-refractivity contribution in [3.8, 4) is 0 Å². The summed E-state index contributed by atoms with van der Waals surface area (Å²) in [7, 11) is 0. The van der Waals surface area contributed by atoms with Crippen molar-refractivity contribution in [1.82, 2.24) is 5.32 Å². The maximum atomic E-state index is 12.9. The summed E-state index contributed by atoms with van der Waals surface area (Å²) in [5.41, 5.74) is 0.866. The first-order chi connectivity index (χ1) is 19.0. The smallest absolute Gasteiger partial charge is 0.329 e. The molecule has 0 aromatic rings. The number of amides is 1. The highest BCUT2D eigenvalue weighted by atomic mass is 16.5. The van der Waals surface area contributed by atoms with Crippen molar-refractivity contribution in [2.45, 2.75) is 112 Å². The van der Waals surface area contributed by atoms with Crippen LogP contribution in [0, 0.1) is 56.7 Å². The monoisotopic (exact) mass is 571 g/mol. The predicted molar refractivity (Wildman–Crippen MR) is 157 cm³/mol. The van der Waals surface area contributed by atoms with Gasteiger partial charge in [0.15, 0.2) is 0 Å². The summed E-state index contributed by atoms with van der Waals surface area (Å²) in [5, 5.41) is 22.6. The fourth-order valence-electron chi connectivity index (χ4n) is 12.2. The maximum absolute atomic E-state index is 12.9. The van der Waals surface area contributed by atoms with Gasteiger partial charge in [-0.3, -0.25) is 9.59 Å². The summed E-state index contributed by atoms with van der Waals surface area (Å²) >= 11 is 0. The molecule has 7 nitrogen and oxygen atoms in total. The van der Waals surface area contributed by atoms with E-state index in [0.717, 1.165) is 64.2 Å². The van der Waals surface area contributed by atoms with Gasteiger partial charge in [0.2, 0.25) is 5.91 Å². The summed E-state index contributed by atoms with van der Waals surface area (Å²) < 4.78 is 5.06. The van der Waals surface area contributed by atoms with Crippen LogP contribution in [0.3, 0.4) is 0 Å². The third-order valence-electron chi connectivity index (χ3n) is 14.3. The molecule has 0 aromatic heterocycles. The lowest BCUT2D eigenvalue weighted by molar-refractivity contribution is -0.240. The zero-order valence-corrected chi connectivity index (χ0v) is 26.2. The second-order valence-electron chi connectivity index (χ2n) is 16.0. The van der Waals surface area contributed by atoms with Crippen LogP contribution < -0.4 is 5.32 Å². The Morgan fingerprint density at radius 2 is 1.54 bits per heavy atom. The molecule has 5 fully saturated rings. The predicted octanol–water partition coefficient (Wildman–Crippen LogP) is 6.31. The summed E-state index contributed by atoms with van der Waals surface area (Å²) in [6.45, 7) is 18.0. The highest BCUT2D eigenvalue weighted by molar-refractivity contribution is 5.78. The Morgan fingerprint density at radius 1 is 0.829 bits per heavy atom. The first-order valence-corrected chi connectivity index (χ1v) is 16.0. The average molecular weight is 572 g/mol. The van der Waals surface area contributed by atoms with Gasteiger partial charge in [-0.1, -0.05) is 46.8 Å². The summed E-state index contributed by atoms with van der Waals surface area (Å²) in [6, 6.07) is 0.0264. The molecule has 5 saturated carbocycles. The number of carboxylic acids is 2. The first kappa shape index (κ1) is 30.6. The Bertz CT molecular complexity index is 1120. The summed E-state index contributed by atoms with van der Waals surface area (Å²) in [5.74, 6) is 0.0318. The SMILES string of the molecule is C=C(C)[C@@H]1CC[C@]2(C(=O)O)CC[C@]3(C)[C@H](CC[C@@H]4[C@@]5(C)CC[C@@H](NC(=O)COCC(=O)O)C(C)(C)[C@@H]5CC[C@]43C)[C@@H]12. The highest BCUT2D eigenvalue weighted by Gasteiger charge is 2.72. The van der Waals surface area contributed by atoms with Gasteiger partial charge in [-0.15, -0.1) is 0 Å². The number of aliphatic carboxylic acids is 2. The maximum Gasteiger partial charge on any atom is 0.329 e. The first-order valence-electron chi connectivity index (χ1n) is 16.0. The number of hydrogen-bond donors (Lipinski definition) is 3. The number of carbonyl (C=O) groups is 3. The van der Waals surface area contributed by atoms with E-state index < -0.39 is 24.0 Å². The van der Waals surface area contributed by atoms with Crippen LogP contribution in [0.15, 0.2) is 12.2 Å². The molecule has 0 spiro atoms. The largest absolute Gasteiger partial charge is 0.481 e. The Morgan fingerprint density at radius 3 is 2.17 bits per heavy atom. The lowest BCUT2D eigenvalue weighted by Gasteiger charge is -2.73. The van der Waals surface area contributed by atoms with E-state index in [2.05, 4.69) is 53.4 Å². The van der Waals surface area contributed by atoms with Crippen molar-refractivity contribution in [2.24, 2.45) is 56.7 Å². The Hall–Kier alpha value is -1.89. The van der Waals surface area contributed by atoms with Gasteiger partial charge in [0.05, 0.1) is 5.41 Å². The molecule has 0 bridgehead atoms. The van der Waals surface area contributed by atoms with Crippen molar-refractivity contribution in [3.63, 3.8) is 0 Å². The summed E-state index contributed by atoms with van der Waals surface area (Å²) in [6.07, 6.45) is 9.99. The topological polar surface area (TPSA) is 113 Å². The molecule has 5 aliphatic carbocycles. The van der Waals surface area contributed by atoms with Crippen molar-refractivity contribution in [1.29, 1.82) is 0 Å². The lowest BCUT2D eigenvalue weighted by atomic mass is 9.32. The van der Waals surface area contributed by atoms with E-state index >= 15 is 0 Å². The van der Waals surface area contributed by atoms with Gasteiger partial charge in [-0.05, 0) is 122 Å². The van der Waals surface area contributed by atoms with Crippen molar-refractivity contribution >= 4 is 17.8 Å². The van der Waals surface area contributed by atoms with Gasteiger partial charge in [-0.25, -0.2) is 4.79 Å². The van der Waals surface area contributed by atoms with Crippen LogP contribution in [0.4, 0.5) is 0 Å². The van der Waals surface area contributed by atoms with E-state index in [0.29, 0.717) is 23.7 Å². The fraction of sp³-hybridized carbons (Fsp3) is 0.853. The Balaban J connectivity index is 1.40. The van der Waals surface area contributed by atoms with Crippen LogP contribution in [0.1, 0.15) is 106 Å². The fourth-order valence-corrected chi connectivity index (χ4v) is 12.2. The Kier molecular flexibility index (Phi) is 7.52. The standard InChI is InChI=1S/C34H53NO6/c1-20(2)21-10-15-34(29(39)40)17-16-32(6)22(28(21)34)8-9-24-31(5)13-12-25(35-26(36)18-41-19-27(37)38)30(3,4)23(31)11-14-33(24,32)7/h21-25,28H,1,8-19H2,2-7H3,(H,35,36)(H,37,38)(H,39,40)/t21-,22+,23-,24+,25+,28+,31-,32+,33+,34-/m0/s1. The average Bonchev–Trinajstić information content (AvgIpc) is 3.27. The van der Waals surface area contributed by atoms with Gasteiger partial charge in [0.1, 0.15) is 13.2 Å². The number of carboxylic acid groups (broad SMARTS) is 2. The third-order valence-corrected chi connectivity index (χ3v) is 14.3. The Labute approximate surface area is 246 Å². The molecule has 3 N–H and O–H groups in total. The normalized spacial score (nSPS) is 46.3. The van der Waals surface area contributed by atoms with E-state index in [1.807, 2.05) is 0 Å². The van der Waals surface area contributed by atoms with Crippen LogP contribution in [-0.2, 0) is 19.1 Å². The number of fused-ring (bicyclic) bond motifs is 7. The minimum absolute atomic E-state index is 0.0264. The molecule has 0 aromatic carbocycles. The molecule has 0 saturated heterocycles. The zero-order chi connectivity index (χ0) is 30.2. The molecule has 0 aliphatic heterocycles. The number of carbonyl (C=O) groups excluding carboxylic acids is 1. The molecule has 7 heteroatoms. The number of nitrogens with one attached hydrogen (secondary N) is 1. The number of rotatable bonds is 7. The zero-order valence-electron chi connectivity index (χ0n) is 26.2. The van der Waals surface area contributed by atoms with E-state index in [9.17, 15) is 19.5 Å². The second kappa shape index (κ2) is 10.1. The number of allylic oxidation sites excluding steroid dienone is 1. The van der Waals surface area contributed by atoms with Gasteiger partial charge in [-0.2, -0.15) is 0 Å². The van der Waals surface area contributed by atoms with Crippen LogP contribution in [0.25, 0.3) is 0 Å². The van der Waals surface area contributed by atoms with E-state index in [-0.39, 0.29) is 46.1 Å². The van der Waals surface area contributed by atoms with E-state index in [1.54, 1.807) is 0 Å². The molecule has 0 heterocycles. The van der Waals surface area contributed by atoms with Gasteiger partial charge < -0.3 is 20.3 Å². The molecule has 0 unspecified atom stereocenters. The number of hydrogen-bond acceptors (Lipinski definition) is 4. The summed E-state index contributed by atoms with van der Waals surface area (Å²) in [4.78, 5) is 36.3. The third kappa shape index (κ3) is 4.33. The van der Waals surface area contributed by atoms with E-state index in [4.69, 9.17) is 9.84 Å². The lowest BCUT2D eigenvalue weighted by Crippen LogP contribution is -2.68. The molecule has 41 heavy (non-hydrogen) atoms. The van der Waals surface area contributed by atoms with Crippen LogP contribution in [0.5, 0.6) is 0 Å². The molecular formula is C34H53NO6. The van der Waals surface area contributed by atoms with Gasteiger partial charge >= 0.3 is 11.9 Å². The molecule has 0 radical (unpaired) electrons. The molecule has 10 atom stereocenters. The van der Waals surface area contributed by atoms with Crippen molar-refractivity contribution in [2.75, 3.05) is 13.2 Å².